The number of rotatable bonds is 5. The molecule has 2 aromatic rings. The van der Waals surface area contributed by atoms with E-state index in [9.17, 15) is 4.79 Å². The number of ketones is 1. The Labute approximate surface area is 151 Å². The van der Waals surface area contributed by atoms with Crippen LogP contribution in [0.4, 0.5) is 11.4 Å². The largest absolute Gasteiger partial charge is 0.397 e. The first-order chi connectivity index (χ1) is 12.0. The maximum atomic E-state index is 12.8. The summed E-state index contributed by atoms with van der Waals surface area (Å²) in [4.78, 5) is 12.8. The van der Waals surface area contributed by atoms with E-state index in [1.165, 1.54) is 7.11 Å². The predicted octanol–water partition coefficient (Wildman–Crippen LogP) is 4.22. The first-order valence-electron chi connectivity index (χ1n) is 7.89. The molecule has 3 rings (SSSR count). The lowest BCUT2D eigenvalue weighted by Crippen LogP contribution is -2.38. The average Bonchev–Trinajstić information content (AvgIpc) is 2.64. The van der Waals surface area contributed by atoms with Gasteiger partial charge in [-0.05, 0) is 24.3 Å². The Morgan fingerprint density at radius 1 is 1.16 bits per heavy atom. The van der Waals surface area contributed by atoms with E-state index in [-0.39, 0.29) is 5.78 Å². The molecule has 0 saturated carbocycles. The van der Waals surface area contributed by atoms with Gasteiger partial charge in [0.05, 0.1) is 17.3 Å². The molecule has 0 radical (unpaired) electrons. The summed E-state index contributed by atoms with van der Waals surface area (Å²) in [6.45, 7) is 0. The number of anilines is 2. The van der Waals surface area contributed by atoms with Gasteiger partial charge in [0.1, 0.15) is 0 Å². The number of ether oxygens (including phenoxy) is 1. The summed E-state index contributed by atoms with van der Waals surface area (Å²) in [5.74, 6) is -0.719. The third-order valence-electron chi connectivity index (χ3n) is 4.14. The number of hydrogen-bond acceptors (Lipinski definition) is 4. The third kappa shape index (κ3) is 3.60. The van der Waals surface area contributed by atoms with Crippen LogP contribution in [0.2, 0.25) is 0 Å². The van der Waals surface area contributed by atoms with E-state index in [2.05, 4.69) is 5.32 Å². The minimum absolute atomic E-state index is 0.0942. The van der Waals surface area contributed by atoms with Gasteiger partial charge in [0, 0.05) is 18.4 Å². The molecule has 25 heavy (non-hydrogen) atoms. The molecule has 2 unspecified atom stereocenters. The van der Waals surface area contributed by atoms with Gasteiger partial charge < -0.3 is 15.8 Å². The molecule has 0 fully saturated rings. The van der Waals surface area contributed by atoms with Crippen LogP contribution in [0.5, 0.6) is 0 Å². The zero-order valence-corrected chi connectivity index (χ0v) is 14.5. The monoisotopic (exact) mass is 354 g/mol. The number of para-hydroxylation sites is 2. The lowest BCUT2D eigenvalue weighted by molar-refractivity contribution is 0.0545. The van der Waals surface area contributed by atoms with Gasteiger partial charge >= 0.3 is 0 Å². The normalized spacial score (nSPS) is 22.3. The SMILES string of the molecule is COC1(Cl)C=C(Nc2ccccc2N)C=CC1C(=O)c1ccccc1. The molecule has 3 N–H and O–H groups in total. The van der Waals surface area contributed by atoms with Crippen LogP contribution in [0, 0.1) is 5.92 Å². The topological polar surface area (TPSA) is 64.3 Å². The summed E-state index contributed by atoms with van der Waals surface area (Å²) in [6, 6.07) is 16.5. The number of nitrogens with one attached hydrogen (secondary N) is 1. The zero-order valence-electron chi connectivity index (χ0n) is 13.8. The Morgan fingerprint density at radius 3 is 2.52 bits per heavy atom. The van der Waals surface area contributed by atoms with E-state index in [0.29, 0.717) is 16.9 Å². The van der Waals surface area contributed by atoms with E-state index in [4.69, 9.17) is 22.1 Å². The number of alkyl halides is 1. The smallest absolute Gasteiger partial charge is 0.175 e. The number of Topliss-reactive ketones (excluding diaryl/α,β-unsaturated/α-hetero) is 1. The van der Waals surface area contributed by atoms with Gasteiger partial charge in [-0.1, -0.05) is 60.1 Å². The van der Waals surface area contributed by atoms with E-state index in [1.54, 1.807) is 30.4 Å². The van der Waals surface area contributed by atoms with Gasteiger partial charge in [-0.25, -0.2) is 0 Å². The first-order valence-corrected chi connectivity index (χ1v) is 8.27. The van der Waals surface area contributed by atoms with Crippen molar-refractivity contribution in [2.75, 3.05) is 18.2 Å². The Hall–Kier alpha value is -2.56. The number of nitrogen functional groups attached to an aromatic ring is 1. The Balaban J connectivity index is 1.87. The Kier molecular flexibility index (Phi) is 4.93. The summed E-state index contributed by atoms with van der Waals surface area (Å²) in [7, 11) is 1.49. The summed E-state index contributed by atoms with van der Waals surface area (Å²) in [6.07, 6.45) is 5.28. The lowest BCUT2D eigenvalue weighted by Gasteiger charge is -2.32. The van der Waals surface area contributed by atoms with E-state index < -0.39 is 11.0 Å². The minimum atomic E-state index is -1.27. The Morgan fingerprint density at radius 2 is 1.84 bits per heavy atom. The van der Waals surface area contributed by atoms with Crippen LogP contribution in [-0.2, 0) is 4.74 Å². The molecule has 0 heterocycles. The number of methoxy groups -OCH3 is 1. The fourth-order valence-corrected chi connectivity index (χ4v) is 3.05. The molecule has 128 valence electrons. The molecule has 0 aliphatic heterocycles. The van der Waals surface area contributed by atoms with Crippen molar-refractivity contribution in [3.05, 3.63) is 84.1 Å². The summed E-state index contributed by atoms with van der Waals surface area (Å²) in [5, 5.41) is 1.94. The van der Waals surface area contributed by atoms with Crippen molar-refractivity contribution in [2.45, 2.75) is 5.06 Å². The van der Waals surface area contributed by atoms with E-state index in [1.807, 2.05) is 42.5 Å². The van der Waals surface area contributed by atoms with Crippen molar-refractivity contribution >= 4 is 28.8 Å². The van der Waals surface area contributed by atoms with Crippen molar-refractivity contribution in [1.82, 2.24) is 0 Å². The Bertz CT molecular complexity index is 833. The average molecular weight is 355 g/mol. The number of allylic oxidation sites excluding steroid dienone is 1. The summed E-state index contributed by atoms with van der Waals surface area (Å²) < 4.78 is 5.48. The molecule has 4 nitrogen and oxygen atoms in total. The molecule has 1 aliphatic rings. The van der Waals surface area contributed by atoms with Gasteiger partial charge in [0.25, 0.3) is 0 Å². The molecule has 5 heteroatoms. The molecule has 0 saturated heterocycles. The predicted molar refractivity (Wildman–Crippen MR) is 102 cm³/mol. The molecule has 0 bridgehead atoms. The highest BCUT2D eigenvalue weighted by Gasteiger charge is 2.41. The number of carbonyl (C=O) groups excluding carboxylic acids is 1. The van der Waals surface area contributed by atoms with Gasteiger partial charge in [0.15, 0.2) is 10.8 Å². The van der Waals surface area contributed by atoms with Gasteiger partial charge in [-0.3, -0.25) is 4.79 Å². The number of halogens is 1. The summed E-state index contributed by atoms with van der Waals surface area (Å²) >= 11 is 6.63. The van der Waals surface area contributed by atoms with Crippen LogP contribution in [0.15, 0.2) is 78.5 Å². The van der Waals surface area contributed by atoms with Crippen LogP contribution in [0.3, 0.4) is 0 Å². The molecular weight excluding hydrogens is 336 g/mol. The van der Waals surface area contributed by atoms with Crippen molar-refractivity contribution < 1.29 is 9.53 Å². The van der Waals surface area contributed by atoms with Crippen LogP contribution in [0.1, 0.15) is 10.4 Å². The first kappa shape index (κ1) is 17.3. The van der Waals surface area contributed by atoms with Crippen LogP contribution in [-0.4, -0.2) is 18.0 Å². The van der Waals surface area contributed by atoms with Crippen molar-refractivity contribution in [1.29, 1.82) is 0 Å². The molecule has 2 atom stereocenters. The van der Waals surface area contributed by atoms with Gasteiger partial charge in [-0.2, -0.15) is 0 Å². The van der Waals surface area contributed by atoms with E-state index >= 15 is 0 Å². The van der Waals surface area contributed by atoms with Crippen molar-refractivity contribution in [3.63, 3.8) is 0 Å². The maximum Gasteiger partial charge on any atom is 0.175 e. The molecule has 0 amide bonds. The minimum Gasteiger partial charge on any atom is -0.397 e. The highest BCUT2D eigenvalue weighted by molar-refractivity contribution is 6.27. The highest BCUT2D eigenvalue weighted by atomic mass is 35.5. The van der Waals surface area contributed by atoms with Crippen LogP contribution >= 0.6 is 11.6 Å². The van der Waals surface area contributed by atoms with Gasteiger partial charge in [0.2, 0.25) is 0 Å². The standard InChI is InChI=1S/C20H19ClN2O2/c1-25-20(21)13-15(23-18-10-6-5-9-17(18)22)11-12-16(20)19(24)14-7-3-2-4-8-14/h2-13,16,23H,22H2,1H3. The second-order valence-electron chi connectivity index (χ2n) is 5.78. The molecular formula is C20H19ClN2O2. The summed E-state index contributed by atoms with van der Waals surface area (Å²) in [5.41, 5.74) is 8.65. The second-order valence-corrected chi connectivity index (χ2v) is 6.37. The molecule has 1 aliphatic carbocycles. The second kappa shape index (κ2) is 7.13. The fraction of sp³-hybridized carbons (Fsp3) is 0.150. The van der Waals surface area contributed by atoms with Crippen LogP contribution < -0.4 is 11.1 Å². The van der Waals surface area contributed by atoms with E-state index in [0.717, 1.165) is 5.69 Å². The fourth-order valence-electron chi connectivity index (χ4n) is 2.76. The number of nitrogens with two attached hydrogens (primary N) is 1. The zero-order chi connectivity index (χ0) is 17.9. The molecule has 2 aromatic carbocycles. The van der Waals surface area contributed by atoms with Gasteiger partial charge in [-0.15, -0.1) is 0 Å². The number of benzene rings is 2. The van der Waals surface area contributed by atoms with Crippen molar-refractivity contribution in [3.8, 4) is 0 Å². The quantitative estimate of drug-likeness (QED) is 0.479. The maximum absolute atomic E-state index is 12.8. The number of carbonyl (C=O) groups is 1. The number of hydrogen-bond donors (Lipinski definition) is 2. The van der Waals surface area contributed by atoms with Crippen molar-refractivity contribution in [2.24, 2.45) is 5.92 Å². The lowest BCUT2D eigenvalue weighted by atomic mass is 9.88. The van der Waals surface area contributed by atoms with Crippen LogP contribution in [0.25, 0.3) is 0 Å². The third-order valence-corrected chi connectivity index (χ3v) is 4.64. The molecule has 0 spiro atoms. The molecule has 0 aromatic heterocycles. The highest BCUT2D eigenvalue weighted by Crippen LogP contribution is 2.37.